The van der Waals surface area contributed by atoms with E-state index in [9.17, 15) is 9.59 Å². The Hall–Kier alpha value is -1.82. The highest BCUT2D eigenvalue weighted by Gasteiger charge is 2.20. The zero-order chi connectivity index (χ0) is 15.1. The number of carbonyl (C=O) groups is 2. The minimum Gasteiger partial charge on any atom is -0.480 e. The van der Waals surface area contributed by atoms with E-state index in [0.717, 1.165) is 6.42 Å². The quantitative estimate of drug-likeness (QED) is 0.757. The Labute approximate surface area is 118 Å². The molecule has 0 saturated carbocycles. The molecule has 0 aliphatic rings. The minimum absolute atomic E-state index is 0.0377. The minimum atomic E-state index is -0.933. The molecule has 0 aliphatic carbocycles. The molecule has 6 heteroatoms. The number of hydrogen-bond acceptors (Lipinski definition) is 4. The lowest BCUT2D eigenvalue weighted by molar-refractivity contribution is -0.139. The van der Waals surface area contributed by atoms with E-state index < -0.39 is 5.97 Å². The molecule has 0 aromatic carbocycles. The number of rotatable bonds is 8. The second kappa shape index (κ2) is 7.69. The van der Waals surface area contributed by atoms with Gasteiger partial charge >= 0.3 is 5.97 Å². The van der Waals surface area contributed by atoms with Crippen LogP contribution in [0.15, 0.2) is 22.8 Å². The van der Waals surface area contributed by atoms with Crippen LogP contribution in [0.3, 0.4) is 0 Å². The summed E-state index contributed by atoms with van der Waals surface area (Å²) in [5, 5.41) is 11.7. The number of nitrogens with zero attached hydrogens (tertiary/aromatic N) is 1. The van der Waals surface area contributed by atoms with E-state index in [1.165, 1.54) is 0 Å². The lowest BCUT2D eigenvalue weighted by atomic mass is 10.2. The van der Waals surface area contributed by atoms with Crippen molar-refractivity contribution in [3.8, 4) is 0 Å². The summed E-state index contributed by atoms with van der Waals surface area (Å²) in [7, 11) is 0. The van der Waals surface area contributed by atoms with Crippen molar-refractivity contribution in [2.45, 2.75) is 39.3 Å². The fourth-order valence-electron chi connectivity index (χ4n) is 1.88. The Morgan fingerprint density at radius 3 is 2.60 bits per heavy atom. The van der Waals surface area contributed by atoms with Gasteiger partial charge in [-0.05, 0) is 32.4 Å². The van der Waals surface area contributed by atoms with E-state index in [1.807, 2.05) is 20.8 Å². The summed E-state index contributed by atoms with van der Waals surface area (Å²) in [5.41, 5.74) is 0. The van der Waals surface area contributed by atoms with E-state index in [-0.39, 0.29) is 31.1 Å². The van der Waals surface area contributed by atoms with Gasteiger partial charge in [-0.25, -0.2) is 0 Å². The Balaban J connectivity index is 2.55. The zero-order valence-electron chi connectivity index (χ0n) is 12.1. The number of amides is 1. The standard InChI is InChI=1S/C14H22N2O4/c1-4-10(2)16(9-14(18)19)8-13(17)15-11(3)12-6-5-7-20-12/h5-7,10-11H,4,8-9H2,1-3H3,(H,15,17)(H,18,19). The number of carboxylic acids is 1. The summed E-state index contributed by atoms with van der Waals surface area (Å²) in [6, 6.07) is 3.35. The number of nitrogens with one attached hydrogen (secondary N) is 1. The first-order valence-corrected chi connectivity index (χ1v) is 6.72. The second-order valence-corrected chi connectivity index (χ2v) is 4.86. The SMILES string of the molecule is CCC(C)N(CC(=O)O)CC(=O)NC(C)c1ccco1. The van der Waals surface area contributed by atoms with E-state index in [0.29, 0.717) is 5.76 Å². The number of carbonyl (C=O) groups excluding carboxylic acids is 1. The van der Waals surface area contributed by atoms with Crippen molar-refractivity contribution in [3.63, 3.8) is 0 Å². The fraction of sp³-hybridized carbons (Fsp3) is 0.571. The molecule has 1 amide bonds. The molecule has 0 spiro atoms. The van der Waals surface area contributed by atoms with Crippen LogP contribution in [0.2, 0.25) is 0 Å². The average Bonchev–Trinajstić information content (AvgIpc) is 2.90. The molecular formula is C14H22N2O4. The van der Waals surface area contributed by atoms with Crippen molar-refractivity contribution in [1.29, 1.82) is 0 Å². The number of furan rings is 1. The maximum absolute atomic E-state index is 12.0. The molecule has 0 fully saturated rings. The molecule has 1 rings (SSSR count). The Morgan fingerprint density at radius 2 is 2.10 bits per heavy atom. The van der Waals surface area contributed by atoms with E-state index >= 15 is 0 Å². The van der Waals surface area contributed by atoms with E-state index in [4.69, 9.17) is 9.52 Å². The Morgan fingerprint density at radius 1 is 1.40 bits per heavy atom. The summed E-state index contributed by atoms with van der Waals surface area (Å²) < 4.78 is 5.21. The van der Waals surface area contributed by atoms with Crippen LogP contribution in [-0.4, -0.2) is 41.0 Å². The molecule has 0 bridgehead atoms. The van der Waals surface area contributed by atoms with Crippen LogP contribution in [0.1, 0.15) is 39.0 Å². The molecule has 1 aromatic heterocycles. The summed E-state index contributed by atoms with van der Waals surface area (Å²) in [4.78, 5) is 24.5. The fourth-order valence-corrected chi connectivity index (χ4v) is 1.88. The van der Waals surface area contributed by atoms with Gasteiger partial charge in [0.2, 0.25) is 5.91 Å². The van der Waals surface area contributed by atoms with Crippen molar-refractivity contribution >= 4 is 11.9 Å². The monoisotopic (exact) mass is 282 g/mol. The zero-order valence-corrected chi connectivity index (χ0v) is 12.1. The number of aliphatic carboxylic acids is 1. The number of carboxylic acid groups (broad SMARTS) is 1. The van der Waals surface area contributed by atoms with Crippen LogP contribution >= 0.6 is 0 Å². The van der Waals surface area contributed by atoms with Gasteiger partial charge in [0.05, 0.1) is 25.4 Å². The first-order chi connectivity index (χ1) is 9.43. The second-order valence-electron chi connectivity index (χ2n) is 4.86. The molecule has 112 valence electrons. The van der Waals surface area contributed by atoms with Gasteiger partial charge in [0.25, 0.3) is 0 Å². The molecular weight excluding hydrogens is 260 g/mol. The van der Waals surface area contributed by atoms with Crippen LogP contribution < -0.4 is 5.32 Å². The molecule has 6 nitrogen and oxygen atoms in total. The molecule has 1 heterocycles. The molecule has 2 N–H and O–H groups in total. The predicted molar refractivity (Wildman–Crippen MR) is 74.2 cm³/mol. The van der Waals surface area contributed by atoms with Crippen molar-refractivity contribution in [2.75, 3.05) is 13.1 Å². The molecule has 0 saturated heterocycles. The molecule has 0 radical (unpaired) electrons. The highest BCUT2D eigenvalue weighted by Crippen LogP contribution is 2.12. The molecule has 20 heavy (non-hydrogen) atoms. The Bertz CT molecular complexity index is 430. The maximum atomic E-state index is 12.0. The van der Waals surface area contributed by atoms with E-state index in [1.54, 1.807) is 23.3 Å². The summed E-state index contributed by atoms with van der Waals surface area (Å²) >= 11 is 0. The summed E-state index contributed by atoms with van der Waals surface area (Å²) in [5.74, 6) is -0.473. The smallest absolute Gasteiger partial charge is 0.317 e. The third kappa shape index (κ3) is 5.05. The van der Waals surface area contributed by atoms with Gasteiger partial charge in [-0.15, -0.1) is 0 Å². The van der Waals surface area contributed by atoms with Crippen molar-refractivity contribution in [1.82, 2.24) is 10.2 Å². The normalized spacial score (nSPS) is 14.0. The maximum Gasteiger partial charge on any atom is 0.317 e. The van der Waals surface area contributed by atoms with Gasteiger partial charge < -0.3 is 14.8 Å². The van der Waals surface area contributed by atoms with Gasteiger partial charge in [0, 0.05) is 6.04 Å². The number of hydrogen-bond donors (Lipinski definition) is 2. The van der Waals surface area contributed by atoms with Crippen LogP contribution in [0.25, 0.3) is 0 Å². The van der Waals surface area contributed by atoms with Crippen LogP contribution in [0, 0.1) is 0 Å². The molecule has 2 atom stereocenters. The van der Waals surface area contributed by atoms with Gasteiger partial charge in [-0.2, -0.15) is 0 Å². The summed E-state index contributed by atoms with van der Waals surface area (Å²) in [6.07, 6.45) is 2.34. The lowest BCUT2D eigenvalue weighted by Crippen LogP contribution is -2.44. The Kier molecular flexibility index (Phi) is 6.24. The van der Waals surface area contributed by atoms with Gasteiger partial charge in [0.1, 0.15) is 5.76 Å². The van der Waals surface area contributed by atoms with Crippen LogP contribution in [0.4, 0.5) is 0 Å². The highest BCUT2D eigenvalue weighted by molar-refractivity contribution is 5.79. The van der Waals surface area contributed by atoms with E-state index in [2.05, 4.69) is 5.32 Å². The van der Waals surface area contributed by atoms with Crippen molar-refractivity contribution in [3.05, 3.63) is 24.2 Å². The summed E-state index contributed by atoms with van der Waals surface area (Å²) in [6.45, 7) is 5.61. The predicted octanol–water partition coefficient (Wildman–Crippen LogP) is 1.64. The molecule has 1 aromatic rings. The third-order valence-electron chi connectivity index (χ3n) is 3.25. The van der Waals surface area contributed by atoms with Gasteiger partial charge in [-0.3, -0.25) is 14.5 Å². The topological polar surface area (TPSA) is 82.8 Å². The molecule has 2 unspecified atom stereocenters. The third-order valence-corrected chi connectivity index (χ3v) is 3.25. The highest BCUT2D eigenvalue weighted by atomic mass is 16.4. The van der Waals surface area contributed by atoms with Crippen molar-refractivity contribution < 1.29 is 19.1 Å². The van der Waals surface area contributed by atoms with Crippen molar-refractivity contribution in [2.24, 2.45) is 0 Å². The van der Waals surface area contributed by atoms with Crippen LogP contribution in [-0.2, 0) is 9.59 Å². The van der Waals surface area contributed by atoms with Gasteiger partial charge in [0.15, 0.2) is 0 Å². The van der Waals surface area contributed by atoms with Crippen LogP contribution in [0.5, 0.6) is 0 Å². The lowest BCUT2D eigenvalue weighted by Gasteiger charge is -2.26. The van der Waals surface area contributed by atoms with Gasteiger partial charge in [-0.1, -0.05) is 6.92 Å². The first kappa shape index (κ1) is 16.2. The first-order valence-electron chi connectivity index (χ1n) is 6.72. The average molecular weight is 282 g/mol. The molecule has 0 aliphatic heterocycles. The largest absolute Gasteiger partial charge is 0.480 e.